The summed E-state index contributed by atoms with van der Waals surface area (Å²) in [5.74, 6) is 2.50. The van der Waals surface area contributed by atoms with Crippen LogP contribution in [0.4, 0.5) is 5.69 Å². The molecule has 1 amide bonds. The number of furan rings is 1. The summed E-state index contributed by atoms with van der Waals surface area (Å²) in [5.41, 5.74) is 0.532. The van der Waals surface area contributed by atoms with Crippen LogP contribution in [0.1, 0.15) is 11.5 Å². The van der Waals surface area contributed by atoms with Crippen LogP contribution < -0.4 is 19.5 Å². The average Bonchev–Trinajstić information content (AvgIpc) is 2.97. The lowest BCUT2D eigenvalue weighted by Crippen LogP contribution is -2.08. The fourth-order valence-electron chi connectivity index (χ4n) is 2.04. The fourth-order valence-corrected chi connectivity index (χ4v) is 2.04. The molecule has 0 unspecified atom stereocenters. The van der Waals surface area contributed by atoms with E-state index in [0.29, 0.717) is 28.7 Å². The molecule has 23 heavy (non-hydrogen) atoms. The van der Waals surface area contributed by atoms with Crippen molar-refractivity contribution < 1.29 is 23.4 Å². The summed E-state index contributed by atoms with van der Waals surface area (Å²) in [6, 6.07) is 6.93. The third kappa shape index (κ3) is 4.06. The second kappa shape index (κ2) is 7.40. The van der Waals surface area contributed by atoms with Gasteiger partial charge in [0.1, 0.15) is 11.5 Å². The third-order valence-corrected chi connectivity index (χ3v) is 3.09. The first kappa shape index (κ1) is 16.5. The van der Waals surface area contributed by atoms with Crippen molar-refractivity contribution in [2.75, 3.05) is 26.6 Å². The van der Waals surface area contributed by atoms with E-state index in [2.05, 4.69) is 5.32 Å². The van der Waals surface area contributed by atoms with Gasteiger partial charge in [-0.05, 0) is 25.1 Å². The van der Waals surface area contributed by atoms with Crippen LogP contribution in [0.25, 0.3) is 6.08 Å². The summed E-state index contributed by atoms with van der Waals surface area (Å²) < 4.78 is 21.1. The quantitative estimate of drug-likeness (QED) is 0.828. The number of amides is 1. The molecule has 6 heteroatoms. The van der Waals surface area contributed by atoms with Crippen molar-refractivity contribution in [2.45, 2.75) is 6.92 Å². The van der Waals surface area contributed by atoms with Crippen LogP contribution in [0.3, 0.4) is 0 Å². The second-order valence-electron chi connectivity index (χ2n) is 4.69. The van der Waals surface area contributed by atoms with E-state index in [9.17, 15) is 4.79 Å². The number of methoxy groups -OCH3 is 3. The van der Waals surface area contributed by atoms with Crippen molar-refractivity contribution in [1.29, 1.82) is 0 Å². The van der Waals surface area contributed by atoms with Crippen LogP contribution in [0.5, 0.6) is 17.2 Å². The lowest BCUT2D eigenvalue weighted by Gasteiger charge is -2.14. The molecular formula is C17H19NO5. The van der Waals surface area contributed by atoms with Gasteiger partial charge in [-0.15, -0.1) is 0 Å². The van der Waals surface area contributed by atoms with Crippen molar-refractivity contribution in [2.24, 2.45) is 0 Å². The smallest absolute Gasteiger partial charge is 0.248 e. The van der Waals surface area contributed by atoms with Gasteiger partial charge >= 0.3 is 0 Å². The summed E-state index contributed by atoms with van der Waals surface area (Å²) in [5, 5.41) is 2.74. The molecule has 1 aromatic heterocycles. The minimum absolute atomic E-state index is 0.298. The molecule has 0 spiro atoms. The molecule has 0 saturated heterocycles. The zero-order valence-electron chi connectivity index (χ0n) is 13.5. The molecule has 0 fully saturated rings. The Hall–Kier alpha value is -2.89. The number of hydrogen-bond acceptors (Lipinski definition) is 5. The van der Waals surface area contributed by atoms with Crippen LogP contribution >= 0.6 is 0 Å². The van der Waals surface area contributed by atoms with Crippen LogP contribution in [0.15, 0.2) is 34.8 Å². The Balaban J connectivity index is 2.15. The lowest BCUT2D eigenvalue weighted by atomic mass is 10.2. The molecule has 0 aliphatic rings. The van der Waals surface area contributed by atoms with Crippen LogP contribution in [-0.4, -0.2) is 27.2 Å². The van der Waals surface area contributed by atoms with Crippen molar-refractivity contribution >= 4 is 17.7 Å². The van der Waals surface area contributed by atoms with Gasteiger partial charge in [-0.25, -0.2) is 0 Å². The number of benzene rings is 1. The van der Waals surface area contributed by atoms with Gasteiger partial charge in [-0.2, -0.15) is 0 Å². The maximum atomic E-state index is 12.0. The predicted octanol–water partition coefficient (Wildman–Crippen LogP) is 3.27. The number of aryl methyl sites for hydroxylation is 1. The first-order valence-corrected chi connectivity index (χ1v) is 6.93. The normalized spacial score (nSPS) is 10.6. The van der Waals surface area contributed by atoms with Crippen molar-refractivity contribution in [3.8, 4) is 17.2 Å². The number of hydrogen-bond donors (Lipinski definition) is 1. The van der Waals surface area contributed by atoms with Gasteiger partial charge < -0.3 is 23.9 Å². The Bertz CT molecular complexity index is 693. The predicted molar refractivity (Wildman–Crippen MR) is 87.2 cm³/mol. The molecule has 2 aromatic rings. The first-order chi connectivity index (χ1) is 11.1. The van der Waals surface area contributed by atoms with Crippen molar-refractivity contribution in [3.05, 3.63) is 41.9 Å². The van der Waals surface area contributed by atoms with E-state index in [1.165, 1.54) is 27.4 Å². The summed E-state index contributed by atoms with van der Waals surface area (Å²) >= 11 is 0. The molecule has 122 valence electrons. The molecule has 2 rings (SSSR count). The lowest BCUT2D eigenvalue weighted by molar-refractivity contribution is -0.111. The molecule has 1 aromatic carbocycles. The number of carbonyl (C=O) groups is 1. The number of ether oxygens (including phenoxy) is 3. The number of anilines is 1. The number of nitrogens with one attached hydrogen (secondary N) is 1. The largest absolute Gasteiger partial charge is 0.493 e. The van der Waals surface area contributed by atoms with Gasteiger partial charge in [0, 0.05) is 23.9 Å². The Labute approximate surface area is 134 Å². The highest BCUT2D eigenvalue weighted by Gasteiger charge is 2.13. The molecule has 0 radical (unpaired) electrons. The van der Waals surface area contributed by atoms with E-state index in [1.54, 1.807) is 24.3 Å². The summed E-state index contributed by atoms with van der Waals surface area (Å²) in [7, 11) is 4.55. The van der Waals surface area contributed by atoms with Gasteiger partial charge in [0.05, 0.1) is 21.3 Å². The number of carbonyl (C=O) groups excluding carboxylic acids is 1. The molecule has 1 N–H and O–H groups in total. The zero-order valence-corrected chi connectivity index (χ0v) is 13.5. The molecule has 0 bridgehead atoms. The Morgan fingerprint density at radius 1 is 1.09 bits per heavy atom. The van der Waals surface area contributed by atoms with E-state index in [0.717, 1.165) is 5.76 Å². The molecule has 6 nitrogen and oxygen atoms in total. The summed E-state index contributed by atoms with van der Waals surface area (Å²) in [6.45, 7) is 1.84. The topological polar surface area (TPSA) is 69.9 Å². The fraction of sp³-hybridized carbons (Fsp3) is 0.235. The molecule has 1 heterocycles. The van der Waals surface area contributed by atoms with Crippen molar-refractivity contribution in [1.82, 2.24) is 0 Å². The average molecular weight is 317 g/mol. The Morgan fingerprint density at radius 2 is 1.74 bits per heavy atom. The number of rotatable bonds is 6. The van der Waals surface area contributed by atoms with Gasteiger partial charge in [-0.3, -0.25) is 4.79 Å². The first-order valence-electron chi connectivity index (χ1n) is 6.93. The minimum atomic E-state index is -0.298. The minimum Gasteiger partial charge on any atom is -0.493 e. The third-order valence-electron chi connectivity index (χ3n) is 3.09. The highest BCUT2D eigenvalue weighted by atomic mass is 16.5. The molecule has 0 aliphatic heterocycles. The standard InChI is InChI=1S/C17H19NO5/c1-11-5-6-13(23-11)7-8-16(19)18-12-9-14(20-2)17(22-4)15(10-12)21-3/h5-10H,1-4H3,(H,18,19)/b8-7+. The van der Waals surface area contributed by atoms with Crippen LogP contribution in [0.2, 0.25) is 0 Å². The van der Waals surface area contributed by atoms with Gasteiger partial charge in [0.2, 0.25) is 11.7 Å². The van der Waals surface area contributed by atoms with Crippen molar-refractivity contribution in [3.63, 3.8) is 0 Å². The van der Waals surface area contributed by atoms with Gasteiger partial charge in [0.15, 0.2) is 11.5 Å². The van der Waals surface area contributed by atoms with Crippen LogP contribution in [0, 0.1) is 6.92 Å². The Morgan fingerprint density at radius 3 is 2.22 bits per heavy atom. The van der Waals surface area contributed by atoms with E-state index < -0.39 is 0 Å². The monoisotopic (exact) mass is 317 g/mol. The summed E-state index contributed by atoms with van der Waals surface area (Å²) in [6.07, 6.45) is 2.99. The summed E-state index contributed by atoms with van der Waals surface area (Å²) in [4.78, 5) is 12.0. The van der Waals surface area contributed by atoms with E-state index in [4.69, 9.17) is 18.6 Å². The van der Waals surface area contributed by atoms with Gasteiger partial charge in [-0.1, -0.05) is 0 Å². The van der Waals surface area contributed by atoms with Crippen LogP contribution in [-0.2, 0) is 4.79 Å². The molecule has 0 atom stereocenters. The maximum absolute atomic E-state index is 12.0. The van der Waals surface area contributed by atoms with E-state index in [-0.39, 0.29) is 5.91 Å². The molecule has 0 aliphatic carbocycles. The van der Waals surface area contributed by atoms with E-state index in [1.807, 2.05) is 13.0 Å². The molecular weight excluding hydrogens is 298 g/mol. The molecule has 0 saturated carbocycles. The SMILES string of the molecule is COc1cc(NC(=O)/C=C/c2ccc(C)o2)cc(OC)c1OC. The Kier molecular flexibility index (Phi) is 5.30. The second-order valence-corrected chi connectivity index (χ2v) is 4.69. The van der Waals surface area contributed by atoms with Gasteiger partial charge in [0.25, 0.3) is 0 Å². The zero-order chi connectivity index (χ0) is 16.8. The highest BCUT2D eigenvalue weighted by molar-refractivity contribution is 6.02. The maximum Gasteiger partial charge on any atom is 0.248 e. The van der Waals surface area contributed by atoms with E-state index >= 15 is 0 Å². The highest BCUT2D eigenvalue weighted by Crippen LogP contribution is 2.39.